The minimum atomic E-state index is -0.0953. The molecule has 0 aromatic carbocycles. The molecule has 2 unspecified atom stereocenters. The molecule has 0 aromatic heterocycles. The average Bonchev–Trinajstić information content (AvgIpc) is 2.98. The predicted octanol–water partition coefficient (Wildman–Crippen LogP) is 1.11. The van der Waals surface area contributed by atoms with Gasteiger partial charge < -0.3 is 4.74 Å². The van der Waals surface area contributed by atoms with E-state index < -0.39 is 0 Å². The molecule has 2 aliphatic rings. The van der Waals surface area contributed by atoms with Crippen LogP contribution >= 0.6 is 0 Å². The van der Waals surface area contributed by atoms with E-state index in [-0.39, 0.29) is 5.97 Å². The molecular weight excluding hydrogens is 216 g/mol. The summed E-state index contributed by atoms with van der Waals surface area (Å²) in [6, 6.07) is 1.03. The average molecular weight is 240 g/mol. The second-order valence-electron chi connectivity index (χ2n) is 5.31. The first kappa shape index (κ1) is 12.8. The third-order valence-corrected chi connectivity index (χ3v) is 4.16. The van der Waals surface area contributed by atoms with Gasteiger partial charge in [-0.3, -0.25) is 14.6 Å². The molecule has 2 saturated heterocycles. The van der Waals surface area contributed by atoms with Gasteiger partial charge in [0.25, 0.3) is 0 Å². The Balaban J connectivity index is 1.78. The molecule has 0 radical (unpaired) electrons. The fraction of sp³-hybridized carbons (Fsp3) is 0.923. The lowest BCUT2D eigenvalue weighted by atomic mass is 10.2. The number of esters is 1. The number of rotatable bonds is 4. The van der Waals surface area contributed by atoms with Gasteiger partial charge in [0.1, 0.15) is 0 Å². The second-order valence-corrected chi connectivity index (χ2v) is 5.31. The van der Waals surface area contributed by atoms with Crippen molar-refractivity contribution in [2.45, 2.75) is 44.7 Å². The van der Waals surface area contributed by atoms with Gasteiger partial charge in [0.05, 0.1) is 13.5 Å². The molecule has 2 atom stereocenters. The third kappa shape index (κ3) is 3.19. The molecule has 0 aromatic rings. The molecule has 0 amide bonds. The van der Waals surface area contributed by atoms with Crippen LogP contribution in [-0.4, -0.2) is 61.1 Å². The first-order chi connectivity index (χ1) is 8.20. The molecule has 0 saturated carbocycles. The molecule has 98 valence electrons. The third-order valence-electron chi connectivity index (χ3n) is 4.16. The number of ether oxygens (including phenoxy) is 1. The maximum atomic E-state index is 11.3. The number of nitrogens with zero attached hydrogens (tertiary/aromatic N) is 2. The molecule has 4 nitrogen and oxygen atoms in total. The molecule has 2 heterocycles. The van der Waals surface area contributed by atoms with Gasteiger partial charge in [-0.05, 0) is 39.3 Å². The van der Waals surface area contributed by atoms with Crippen molar-refractivity contribution < 1.29 is 9.53 Å². The van der Waals surface area contributed by atoms with Crippen molar-refractivity contribution in [3.63, 3.8) is 0 Å². The van der Waals surface area contributed by atoms with E-state index in [9.17, 15) is 4.79 Å². The van der Waals surface area contributed by atoms with Gasteiger partial charge in [-0.15, -0.1) is 0 Å². The fourth-order valence-electron chi connectivity index (χ4n) is 3.03. The number of methoxy groups -OCH3 is 1. The molecule has 0 N–H and O–H groups in total. The molecule has 0 spiro atoms. The van der Waals surface area contributed by atoms with E-state index in [0.29, 0.717) is 12.5 Å². The van der Waals surface area contributed by atoms with Crippen molar-refractivity contribution in [2.24, 2.45) is 0 Å². The summed E-state index contributed by atoms with van der Waals surface area (Å²) in [6.07, 6.45) is 4.48. The topological polar surface area (TPSA) is 32.8 Å². The van der Waals surface area contributed by atoms with Gasteiger partial charge >= 0.3 is 5.97 Å². The molecule has 4 heteroatoms. The van der Waals surface area contributed by atoms with Gasteiger partial charge in [-0.2, -0.15) is 0 Å². The van der Waals surface area contributed by atoms with Gasteiger partial charge in [0, 0.05) is 25.2 Å². The van der Waals surface area contributed by atoms with E-state index in [2.05, 4.69) is 16.7 Å². The first-order valence-corrected chi connectivity index (χ1v) is 6.75. The lowest BCUT2D eigenvalue weighted by molar-refractivity contribution is -0.141. The number of carbonyl (C=O) groups is 1. The van der Waals surface area contributed by atoms with Crippen LogP contribution < -0.4 is 0 Å². The van der Waals surface area contributed by atoms with Crippen LogP contribution in [0.5, 0.6) is 0 Å². The first-order valence-electron chi connectivity index (χ1n) is 6.75. The molecule has 2 fully saturated rings. The van der Waals surface area contributed by atoms with Gasteiger partial charge in [-0.25, -0.2) is 0 Å². The highest BCUT2D eigenvalue weighted by atomic mass is 16.5. The SMILES string of the molecule is COC(=O)CC(C)N1CCC(N2CCCC2)C1. The van der Waals surface area contributed by atoms with E-state index in [1.165, 1.54) is 39.5 Å². The molecule has 2 aliphatic heterocycles. The fourth-order valence-corrected chi connectivity index (χ4v) is 3.03. The zero-order valence-corrected chi connectivity index (χ0v) is 11.0. The van der Waals surface area contributed by atoms with Crippen molar-refractivity contribution in [2.75, 3.05) is 33.3 Å². The molecule has 0 aliphatic carbocycles. The smallest absolute Gasteiger partial charge is 0.307 e. The van der Waals surface area contributed by atoms with Crippen molar-refractivity contribution in [3.05, 3.63) is 0 Å². The van der Waals surface area contributed by atoms with Gasteiger partial charge in [0.2, 0.25) is 0 Å². The lowest BCUT2D eigenvalue weighted by Crippen LogP contribution is -2.38. The van der Waals surface area contributed by atoms with Crippen LogP contribution in [0.25, 0.3) is 0 Å². The summed E-state index contributed by atoms with van der Waals surface area (Å²) >= 11 is 0. The number of likely N-dealkylation sites (tertiary alicyclic amines) is 2. The van der Waals surface area contributed by atoms with Crippen molar-refractivity contribution in [1.82, 2.24) is 9.80 Å². The second kappa shape index (κ2) is 5.83. The summed E-state index contributed by atoms with van der Waals surface area (Å²) in [7, 11) is 1.46. The monoisotopic (exact) mass is 240 g/mol. The minimum Gasteiger partial charge on any atom is -0.469 e. The summed E-state index contributed by atoms with van der Waals surface area (Å²) in [5.41, 5.74) is 0. The summed E-state index contributed by atoms with van der Waals surface area (Å²) in [6.45, 7) is 6.91. The maximum absolute atomic E-state index is 11.3. The van der Waals surface area contributed by atoms with E-state index in [0.717, 1.165) is 19.1 Å². The largest absolute Gasteiger partial charge is 0.469 e. The highest BCUT2D eigenvalue weighted by Crippen LogP contribution is 2.22. The Morgan fingerprint density at radius 3 is 2.71 bits per heavy atom. The van der Waals surface area contributed by atoms with Crippen LogP contribution in [0.1, 0.15) is 32.6 Å². The maximum Gasteiger partial charge on any atom is 0.307 e. The Hall–Kier alpha value is -0.610. The lowest BCUT2D eigenvalue weighted by Gasteiger charge is -2.26. The van der Waals surface area contributed by atoms with Crippen LogP contribution in [0.15, 0.2) is 0 Å². The van der Waals surface area contributed by atoms with Crippen LogP contribution in [0.3, 0.4) is 0 Å². The highest BCUT2D eigenvalue weighted by Gasteiger charge is 2.31. The quantitative estimate of drug-likeness (QED) is 0.689. The Labute approximate surface area is 104 Å². The van der Waals surface area contributed by atoms with Crippen LogP contribution in [0.2, 0.25) is 0 Å². The zero-order valence-electron chi connectivity index (χ0n) is 11.0. The van der Waals surface area contributed by atoms with Gasteiger partial charge in [-0.1, -0.05) is 0 Å². The Morgan fingerprint density at radius 1 is 1.35 bits per heavy atom. The Morgan fingerprint density at radius 2 is 2.06 bits per heavy atom. The van der Waals surface area contributed by atoms with Crippen molar-refractivity contribution >= 4 is 5.97 Å². The number of hydrogen-bond acceptors (Lipinski definition) is 4. The Bertz CT molecular complexity index is 264. The standard InChI is InChI=1S/C13H24N2O2/c1-11(9-13(16)17-2)15-8-5-12(10-15)14-6-3-4-7-14/h11-12H,3-10H2,1-2H3. The van der Waals surface area contributed by atoms with Crippen LogP contribution in [-0.2, 0) is 9.53 Å². The normalized spacial score (nSPS) is 28.5. The number of hydrogen-bond donors (Lipinski definition) is 0. The van der Waals surface area contributed by atoms with Crippen LogP contribution in [0, 0.1) is 0 Å². The van der Waals surface area contributed by atoms with Crippen molar-refractivity contribution in [1.29, 1.82) is 0 Å². The van der Waals surface area contributed by atoms with E-state index >= 15 is 0 Å². The summed E-state index contributed by atoms with van der Waals surface area (Å²) in [5.74, 6) is -0.0953. The molecule has 17 heavy (non-hydrogen) atoms. The van der Waals surface area contributed by atoms with Crippen molar-refractivity contribution in [3.8, 4) is 0 Å². The minimum absolute atomic E-state index is 0.0953. The number of carbonyl (C=O) groups excluding carboxylic acids is 1. The zero-order chi connectivity index (χ0) is 12.3. The van der Waals surface area contributed by atoms with E-state index in [1.54, 1.807) is 0 Å². The summed E-state index contributed by atoms with van der Waals surface area (Å²) in [5, 5.41) is 0. The van der Waals surface area contributed by atoms with E-state index in [1.807, 2.05) is 0 Å². The summed E-state index contributed by atoms with van der Waals surface area (Å²) in [4.78, 5) is 16.3. The molecular formula is C13H24N2O2. The Kier molecular flexibility index (Phi) is 4.40. The molecule has 0 bridgehead atoms. The van der Waals surface area contributed by atoms with E-state index in [4.69, 9.17) is 4.74 Å². The van der Waals surface area contributed by atoms with Crippen LogP contribution in [0.4, 0.5) is 0 Å². The molecule has 2 rings (SSSR count). The summed E-state index contributed by atoms with van der Waals surface area (Å²) < 4.78 is 4.73. The highest BCUT2D eigenvalue weighted by molar-refractivity contribution is 5.69. The van der Waals surface area contributed by atoms with Gasteiger partial charge in [0.15, 0.2) is 0 Å². The predicted molar refractivity (Wildman–Crippen MR) is 66.9 cm³/mol.